The largest absolute Gasteiger partial charge is 0.331 e. The maximum absolute atomic E-state index is 8.66. The Morgan fingerprint density at radius 2 is 1.95 bits per heavy atom. The predicted molar refractivity (Wildman–Crippen MR) is 88.4 cm³/mol. The minimum absolute atomic E-state index is 0.0922. The summed E-state index contributed by atoms with van der Waals surface area (Å²) in [5.74, 6) is 0.0922. The van der Waals surface area contributed by atoms with Crippen molar-refractivity contribution < 1.29 is 13.8 Å². The van der Waals surface area contributed by atoms with Crippen LogP contribution < -0.4 is 0 Å². The SMILES string of the molecule is C=O.CN1CCC(OP(OCCC#N)C(N(C)C)N(C)C)C1. The van der Waals surface area contributed by atoms with Gasteiger partial charge in [0, 0.05) is 13.1 Å². The van der Waals surface area contributed by atoms with Crippen molar-refractivity contribution in [1.29, 1.82) is 5.26 Å². The summed E-state index contributed by atoms with van der Waals surface area (Å²) in [6.45, 7) is 4.46. The first-order valence-corrected chi connectivity index (χ1v) is 8.46. The number of nitriles is 1. The highest BCUT2D eigenvalue weighted by atomic mass is 31.2. The normalized spacial score (nSPS) is 20.0. The van der Waals surface area contributed by atoms with E-state index in [9.17, 15) is 0 Å². The van der Waals surface area contributed by atoms with Gasteiger partial charge < -0.3 is 18.7 Å². The number of hydrogen-bond acceptors (Lipinski definition) is 7. The number of nitrogens with zero attached hydrogens (tertiary/aromatic N) is 4. The summed E-state index contributed by atoms with van der Waals surface area (Å²) >= 11 is 0. The van der Waals surface area contributed by atoms with Crippen LogP contribution in [0.1, 0.15) is 12.8 Å². The van der Waals surface area contributed by atoms with E-state index in [-0.39, 0.29) is 12.0 Å². The van der Waals surface area contributed by atoms with Crippen LogP contribution in [0.5, 0.6) is 0 Å². The lowest BCUT2D eigenvalue weighted by Gasteiger charge is -2.36. The van der Waals surface area contributed by atoms with Crippen LogP contribution in [-0.4, -0.2) is 88.4 Å². The van der Waals surface area contributed by atoms with Crippen LogP contribution >= 0.6 is 8.38 Å². The Balaban J connectivity index is 0.00000211. The van der Waals surface area contributed by atoms with Crippen molar-refractivity contribution in [3.05, 3.63) is 0 Å². The highest BCUT2D eigenvalue weighted by Crippen LogP contribution is 2.47. The topological polar surface area (TPSA) is 69.0 Å². The average molecular weight is 332 g/mol. The van der Waals surface area contributed by atoms with E-state index in [2.05, 4.69) is 27.8 Å². The van der Waals surface area contributed by atoms with Gasteiger partial charge >= 0.3 is 0 Å². The van der Waals surface area contributed by atoms with Crippen LogP contribution in [0.15, 0.2) is 0 Å². The molecular weight excluding hydrogens is 303 g/mol. The first kappa shape index (κ1) is 21.4. The predicted octanol–water partition coefficient (Wildman–Crippen LogP) is 1.17. The zero-order valence-electron chi connectivity index (χ0n) is 14.4. The van der Waals surface area contributed by atoms with Crippen LogP contribution in [0.4, 0.5) is 0 Å². The summed E-state index contributed by atoms with van der Waals surface area (Å²) in [5, 5.41) is 8.66. The second-order valence-electron chi connectivity index (χ2n) is 5.58. The van der Waals surface area contributed by atoms with Gasteiger partial charge in [-0.25, -0.2) is 0 Å². The molecule has 0 bridgehead atoms. The fourth-order valence-corrected chi connectivity index (χ4v) is 4.09. The standard InChI is InChI=1S/C13H27N4O2P.CH2O/c1-15(2)13(16(3)4)20(18-10-6-8-14)19-12-7-9-17(5)11-12;1-2/h12-13H,6-7,9-11H2,1-5H3;1H2. The number of likely N-dealkylation sites (tertiary alicyclic amines) is 1. The summed E-state index contributed by atoms with van der Waals surface area (Å²) < 4.78 is 12.1. The summed E-state index contributed by atoms with van der Waals surface area (Å²) in [5.41, 5.74) is 0. The van der Waals surface area contributed by atoms with Gasteiger partial charge in [0.15, 0.2) is 0 Å². The Labute approximate surface area is 135 Å². The second kappa shape index (κ2) is 11.9. The molecule has 1 aliphatic heterocycles. The Bertz CT molecular complexity index is 331. The van der Waals surface area contributed by atoms with Gasteiger partial charge in [0.05, 0.1) is 25.2 Å². The van der Waals surface area contributed by atoms with Crippen LogP contribution in [0.2, 0.25) is 0 Å². The number of carbonyl (C=O) groups excluding carboxylic acids is 1. The van der Waals surface area contributed by atoms with Gasteiger partial charge in [0.2, 0.25) is 8.38 Å². The molecule has 0 aromatic heterocycles. The zero-order valence-corrected chi connectivity index (χ0v) is 15.3. The van der Waals surface area contributed by atoms with E-state index in [1.54, 1.807) is 0 Å². The third-order valence-electron chi connectivity index (χ3n) is 3.15. The summed E-state index contributed by atoms with van der Waals surface area (Å²) in [6.07, 6.45) is 1.68. The smallest absolute Gasteiger partial charge is 0.205 e. The molecule has 7 nitrogen and oxygen atoms in total. The van der Waals surface area contributed by atoms with Crippen molar-refractivity contribution in [3.63, 3.8) is 0 Å². The van der Waals surface area contributed by atoms with E-state index >= 15 is 0 Å². The number of rotatable bonds is 8. The Morgan fingerprint density at radius 3 is 2.36 bits per heavy atom. The number of carbonyl (C=O) groups is 1. The van der Waals surface area contributed by atoms with E-state index in [0.29, 0.717) is 13.0 Å². The Hall–Kier alpha value is -0.610. The molecule has 0 N–H and O–H groups in total. The molecule has 22 heavy (non-hydrogen) atoms. The fourth-order valence-electron chi connectivity index (χ4n) is 2.30. The van der Waals surface area contributed by atoms with Crippen LogP contribution in [0.3, 0.4) is 0 Å². The monoisotopic (exact) mass is 332 g/mol. The molecule has 0 aromatic rings. The number of hydrogen-bond donors (Lipinski definition) is 0. The van der Waals surface area contributed by atoms with Crippen molar-refractivity contribution in [1.82, 2.24) is 14.7 Å². The van der Waals surface area contributed by atoms with Gasteiger partial charge in [-0.2, -0.15) is 5.26 Å². The maximum atomic E-state index is 8.66. The van der Waals surface area contributed by atoms with Crippen molar-refractivity contribution in [3.8, 4) is 6.07 Å². The lowest BCUT2D eigenvalue weighted by molar-refractivity contribution is -0.0979. The van der Waals surface area contributed by atoms with Crippen molar-refractivity contribution in [2.24, 2.45) is 0 Å². The number of likely N-dealkylation sites (N-methyl/N-ethyl adjacent to an activating group) is 1. The highest BCUT2D eigenvalue weighted by Gasteiger charge is 2.32. The first-order chi connectivity index (χ1) is 10.5. The molecule has 1 rings (SSSR count). The van der Waals surface area contributed by atoms with E-state index in [1.807, 2.05) is 35.0 Å². The first-order valence-electron chi connectivity index (χ1n) is 7.21. The van der Waals surface area contributed by atoms with E-state index < -0.39 is 8.38 Å². The van der Waals surface area contributed by atoms with Gasteiger partial charge in [-0.15, -0.1) is 0 Å². The lowest BCUT2D eigenvalue weighted by Crippen LogP contribution is -2.40. The molecule has 0 amide bonds. The van der Waals surface area contributed by atoms with Crippen LogP contribution in [0.25, 0.3) is 0 Å². The molecule has 1 aliphatic rings. The molecule has 0 aromatic carbocycles. The van der Waals surface area contributed by atoms with Gasteiger partial charge in [-0.1, -0.05) is 0 Å². The van der Waals surface area contributed by atoms with Crippen LogP contribution in [0, 0.1) is 11.3 Å². The van der Waals surface area contributed by atoms with Crippen molar-refractivity contribution >= 4 is 15.2 Å². The van der Waals surface area contributed by atoms with Gasteiger partial charge in [-0.05, 0) is 41.7 Å². The van der Waals surface area contributed by atoms with Crippen LogP contribution in [-0.2, 0) is 13.8 Å². The summed E-state index contributed by atoms with van der Waals surface area (Å²) in [6, 6.07) is 2.12. The van der Waals surface area contributed by atoms with Gasteiger partial charge in [-0.3, -0.25) is 9.80 Å². The zero-order chi connectivity index (χ0) is 17.1. The van der Waals surface area contributed by atoms with E-state index in [4.69, 9.17) is 19.1 Å². The third-order valence-corrected chi connectivity index (χ3v) is 5.39. The molecule has 1 heterocycles. The lowest BCUT2D eigenvalue weighted by atomic mass is 10.3. The molecular formula is C14H29N4O3P. The van der Waals surface area contributed by atoms with Crippen molar-refractivity contribution in [2.75, 3.05) is 54.9 Å². The van der Waals surface area contributed by atoms with E-state index in [1.165, 1.54) is 0 Å². The third kappa shape index (κ3) is 7.59. The molecule has 1 saturated heterocycles. The molecule has 1 fully saturated rings. The van der Waals surface area contributed by atoms with E-state index in [0.717, 1.165) is 19.5 Å². The second-order valence-corrected chi connectivity index (χ2v) is 7.08. The average Bonchev–Trinajstić information content (AvgIpc) is 2.85. The Kier molecular flexibility index (Phi) is 11.6. The van der Waals surface area contributed by atoms with Gasteiger partial charge in [0.1, 0.15) is 12.7 Å². The molecule has 0 aliphatic carbocycles. The Morgan fingerprint density at radius 1 is 1.36 bits per heavy atom. The molecule has 0 radical (unpaired) electrons. The fraction of sp³-hybridized carbons (Fsp3) is 0.857. The highest BCUT2D eigenvalue weighted by molar-refractivity contribution is 7.47. The molecule has 8 heteroatoms. The van der Waals surface area contributed by atoms with Gasteiger partial charge in [0.25, 0.3) is 0 Å². The molecule has 0 spiro atoms. The minimum Gasteiger partial charge on any atom is -0.331 e. The maximum Gasteiger partial charge on any atom is 0.205 e. The molecule has 2 atom stereocenters. The molecule has 128 valence electrons. The van der Waals surface area contributed by atoms with Crippen molar-refractivity contribution in [2.45, 2.75) is 24.9 Å². The summed E-state index contributed by atoms with van der Waals surface area (Å²) in [7, 11) is 9.14. The summed E-state index contributed by atoms with van der Waals surface area (Å²) in [4.78, 5) is 14.5. The molecule has 0 saturated carbocycles. The minimum atomic E-state index is -1.07. The molecule has 2 unspecified atom stereocenters. The quantitative estimate of drug-likeness (QED) is 0.375.